The normalized spacial score (nSPS) is 13.7. The van der Waals surface area contributed by atoms with Gasteiger partial charge < -0.3 is 10.6 Å². The zero-order chi connectivity index (χ0) is 15.7. The third kappa shape index (κ3) is 3.36. The van der Waals surface area contributed by atoms with Gasteiger partial charge in [0.15, 0.2) is 0 Å². The Kier molecular flexibility index (Phi) is 3.98. The van der Waals surface area contributed by atoms with Gasteiger partial charge >= 0.3 is 0 Å². The number of nitrogens with one attached hydrogen (secondary N) is 2. The molecule has 2 N–H and O–H groups in total. The summed E-state index contributed by atoms with van der Waals surface area (Å²) in [4.78, 5) is 25.9. The molecule has 0 spiro atoms. The van der Waals surface area contributed by atoms with E-state index in [1.165, 1.54) is 11.3 Å². The molecule has 1 saturated carbocycles. The van der Waals surface area contributed by atoms with E-state index in [1.807, 2.05) is 19.9 Å². The molecule has 5 heteroatoms. The van der Waals surface area contributed by atoms with Gasteiger partial charge in [-0.25, -0.2) is 0 Å². The number of anilines is 1. The molecule has 1 heterocycles. The molecular formula is C17H18N2O2S. The smallest absolute Gasteiger partial charge is 0.265 e. The van der Waals surface area contributed by atoms with E-state index in [2.05, 4.69) is 10.6 Å². The average molecular weight is 314 g/mol. The van der Waals surface area contributed by atoms with Gasteiger partial charge in [-0.2, -0.15) is 0 Å². The van der Waals surface area contributed by atoms with Crippen molar-refractivity contribution in [3.05, 3.63) is 51.2 Å². The summed E-state index contributed by atoms with van der Waals surface area (Å²) in [6, 6.07) is 9.22. The van der Waals surface area contributed by atoms with Crippen LogP contribution in [0.15, 0.2) is 30.3 Å². The van der Waals surface area contributed by atoms with Crippen LogP contribution in [0.3, 0.4) is 0 Å². The van der Waals surface area contributed by atoms with Crippen molar-refractivity contribution in [3.8, 4) is 0 Å². The van der Waals surface area contributed by atoms with Crippen molar-refractivity contribution in [2.45, 2.75) is 32.7 Å². The monoisotopic (exact) mass is 314 g/mol. The Morgan fingerprint density at radius 3 is 2.32 bits per heavy atom. The molecule has 1 fully saturated rings. The number of hydrogen-bond acceptors (Lipinski definition) is 3. The Balaban J connectivity index is 1.65. The van der Waals surface area contributed by atoms with E-state index < -0.39 is 0 Å². The molecule has 4 nitrogen and oxygen atoms in total. The first-order chi connectivity index (χ1) is 10.5. The molecule has 1 aliphatic rings. The highest BCUT2D eigenvalue weighted by molar-refractivity contribution is 7.14. The van der Waals surface area contributed by atoms with E-state index in [4.69, 9.17) is 0 Å². The largest absolute Gasteiger partial charge is 0.349 e. The van der Waals surface area contributed by atoms with E-state index in [1.54, 1.807) is 24.3 Å². The number of hydrogen-bond donors (Lipinski definition) is 2. The molecule has 2 amide bonds. The van der Waals surface area contributed by atoms with E-state index in [9.17, 15) is 9.59 Å². The fourth-order valence-electron chi connectivity index (χ4n) is 2.08. The van der Waals surface area contributed by atoms with Crippen LogP contribution < -0.4 is 10.6 Å². The van der Waals surface area contributed by atoms with Crippen LogP contribution in [0.25, 0.3) is 0 Å². The zero-order valence-electron chi connectivity index (χ0n) is 12.6. The van der Waals surface area contributed by atoms with Crippen LogP contribution in [0.1, 0.15) is 43.3 Å². The first kappa shape index (κ1) is 14.8. The number of thiophene rings is 1. The van der Waals surface area contributed by atoms with E-state index in [-0.39, 0.29) is 11.8 Å². The van der Waals surface area contributed by atoms with Crippen molar-refractivity contribution in [2.75, 3.05) is 5.32 Å². The van der Waals surface area contributed by atoms with Gasteiger partial charge in [-0.1, -0.05) is 0 Å². The van der Waals surface area contributed by atoms with Gasteiger partial charge in [-0.05, 0) is 62.6 Å². The van der Waals surface area contributed by atoms with Crippen LogP contribution in [0.2, 0.25) is 0 Å². The second-order valence-corrected chi connectivity index (χ2v) is 6.89. The Labute approximate surface area is 133 Å². The van der Waals surface area contributed by atoms with Crippen molar-refractivity contribution in [2.24, 2.45) is 0 Å². The van der Waals surface area contributed by atoms with E-state index >= 15 is 0 Å². The summed E-state index contributed by atoms with van der Waals surface area (Å²) in [6.07, 6.45) is 2.14. The highest BCUT2D eigenvalue weighted by atomic mass is 32.1. The van der Waals surface area contributed by atoms with E-state index in [0.29, 0.717) is 22.2 Å². The summed E-state index contributed by atoms with van der Waals surface area (Å²) in [5.41, 5.74) is 2.44. The quantitative estimate of drug-likeness (QED) is 0.907. The third-order valence-electron chi connectivity index (χ3n) is 3.71. The van der Waals surface area contributed by atoms with Gasteiger partial charge in [-0.15, -0.1) is 11.3 Å². The highest BCUT2D eigenvalue weighted by Crippen LogP contribution is 2.22. The standard InChI is InChI=1S/C17H18N2O2S/c1-10-9-15(22-11(10)2)17(21)19-13-5-3-12(4-6-13)16(20)18-14-7-8-14/h3-6,9,14H,7-8H2,1-2H3,(H,18,20)(H,19,21). The molecular weight excluding hydrogens is 296 g/mol. The molecule has 2 aromatic rings. The summed E-state index contributed by atoms with van der Waals surface area (Å²) in [6.45, 7) is 4.00. The minimum absolute atomic E-state index is 0.0510. The van der Waals surface area contributed by atoms with Gasteiger partial charge in [0.1, 0.15) is 0 Å². The SMILES string of the molecule is Cc1cc(C(=O)Nc2ccc(C(=O)NC3CC3)cc2)sc1C. The Bertz CT molecular complexity index is 695. The lowest BCUT2D eigenvalue weighted by Crippen LogP contribution is -2.25. The lowest BCUT2D eigenvalue weighted by molar-refractivity contribution is 0.0950. The lowest BCUT2D eigenvalue weighted by Gasteiger charge is -2.06. The van der Waals surface area contributed by atoms with Gasteiger partial charge in [-0.3, -0.25) is 9.59 Å². The van der Waals surface area contributed by atoms with Crippen LogP contribution in [0.4, 0.5) is 5.69 Å². The fourth-order valence-corrected chi connectivity index (χ4v) is 3.01. The molecule has 22 heavy (non-hydrogen) atoms. The van der Waals surface area contributed by atoms with Crippen molar-refractivity contribution in [3.63, 3.8) is 0 Å². The average Bonchev–Trinajstić information content (AvgIpc) is 3.24. The molecule has 0 unspecified atom stereocenters. The predicted octanol–water partition coefficient (Wildman–Crippen LogP) is 3.51. The van der Waals surface area contributed by atoms with Crippen LogP contribution >= 0.6 is 11.3 Å². The van der Waals surface area contributed by atoms with Crippen LogP contribution in [0.5, 0.6) is 0 Å². The summed E-state index contributed by atoms with van der Waals surface area (Å²) in [7, 11) is 0. The van der Waals surface area contributed by atoms with Crippen molar-refractivity contribution in [1.29, 1.82) is 0 Å². The Hall–Kier alpha value is -2.14. The number of carbonyl (C=O) groups is 2. The molecule has 1 aliphatic carbocycles. The third-order valence-corrected chi connectivity index (χ3v) is 4.86. The Morgan fingerprint density at radius 2 is 1.77 bits per heavy atom. The van der Waals surface area contributed by atoms with Crippen LogP contribution in [-0.4, -0.2) is 17.9 Å². The van der Waals surface area contributed by atoms with Gasteiger partial charge in [0, 0.05) is 22.2 Å². The molecule has 0 aliphatic heterocycles. The summed E-state index contributed by atoms with van der Waals surface area (Å²) in [5.74, 6) is -0.165. The van der Waals surface area contributed by atoms with Crippen molar-refractivity contribution < 1.29 is 9.59 Å². The predicted molar refractivity (Wildman–Crippen MR) is 88.7 cm³/mol. The van der Waals surface area contributed by atoms with Gasteiger partial charge in [0.05, 0.1) is 4.88 Å². The van der Waals surface area contributed by atoms with Crippen molar-refractivity contribution >= 4 is 28.8 Å². The molecule has 0 radical (unpaired) electrons. The summed E-state index contributed by atoms with van der Waals surface area (Å²) in [5, 5.41) is 5.80. The van der Waals surface area contributed by atoms with Crippen LogP contribution in [0, 0.1) is 13.8 Å². The molecule has 1 aromatic carbocycles. The van der Waals surface area contributed by atoms with E-state index in [0.717, 1.165) is 23.3 Å². The summed E-state index contributed by atoms with van der Waals surface area (Å²) >= 11 is 1.49. The maximum atomic E-state index is 12.2. The summed E-state index contributed by atoms with van der Waals surface area (Å²) < 4.78 is 0. The molecule has 1 aromatic heterocycles. The highest BCUT2D eigenvalue weighted by Gasteiger charge is 2.23. The first-order valence-electron chi connectivity index (χ1n) is 7.32. The zero-order valence-corrected chi connectivity index (χ0v) is 13.4. The number of benzene rings is 1. The minimum Gasteiger partial charge on any atom is -0.349 e. The van der Waals surface area contributed by atoms with Crippen molar-refractivity contribution in [1.82, 2.24) is 5.32 Å². The lowest BCUT2D eigenvalue weighted by atomic mass is 10.2. The maximum absolute atomic E-state index is 12.2. The van der Waals surface area contributed by atoms with Gasteiger partial charge in [0.2, 0.25) is 0 Å². The molecule has 3 rings (SSSR count). The maximum Gasteiger partial charge on any atom is 0.265 e. The topological polar surface area (TPSA) is 58.2 Å². The molecule has 0 bridgehead atoms. The van der Waals surface area contributed by atoms with Gasteiger partial charge in [0.25, 0.3) is 11.8 Å². The second-order valence-electron chi connectivity index (χ2n) is 5.63. The first-order valence-corrected chi connectivity index (χ1v) is 8.14. The second kappa shape index (κ2) is 5.93. The molecule has 0 saturated heterocycles. The molecule has 114 valence electrons. The number of rotatable bonds is 4. The fraction of sp³-hybridized carbons (Fsp3) is 0.294. The number of amides is 2. The molecule has 0 atom stereocenters. The minimum atomic E-state index is -0.114. The number of aryl methyl sites for hydroxylation is 2. The Morgan fingerprint density at radius 1 is 1.09 bits per heavy atom. The van der Waals surface area contributed by atoms with Crippen LogP contribution in [-0.2, 0) is 0 Å². The number of carbonyl (C=O) groups excluding carboxylic acids is 2.